The average molecular weight is 290 g/mol. The number of hydrogen-bond donors (Lipinski definition) is 1. The number of fused-ring (bicyclic) bond motifs is 1. The Morgan fingerprint density at radius 2 is 2.05 bits per heavy atom. The largest absolute Gasteiger partial charge is 0.367 e. The van der Waals surface area contributed by atoms with Crippen molar-refractivity contribution in [2.75, 3.05) is 6.61 Å². The van der Waals surface area contributed by atoms with Crippen LogP contribution >= 0.6 is 0 Å². The molecule has 2 nitrogen and oxygen atoms in total. The number of aliphatic hydroxyl groups is 1. The van der Waals surface area contributed by atoms with Gasteiger partial charge in [0.2, 0.25) is 0 Å². The second-order valence-electron chi connectivity index (χ2n) is 8.36. The highest BCUT2D eigenvalue weighted by Gasteiger charge is 2.47. The molecule has 1 saturated carbocycles. The first-order valence-corrected chi connectivity index (χ1v) is 8.53. The molecule has 0 aromatic carbocycles. The van der Waals surface area contributed by atoms with Gasteiger partial charge in [-0.1, -0.05) is 39.3 Å². The second-order valence-corrected chi connectivity index (χ2v) is 8.36. The molecule has 2 aliphatic carbocycles. The minimum Gasteiger partial charge on any atom is -0.367 e. The summed E-state index contributed by atoms with van der Waals surface area (Å²) < 4.78 is 5.52. The molecule has 118 valence electrons. The minimum atomic E-state index is -0.606. The van der Waals surface area contributed by atoms with Gasteiger partial charge >= 0.3 is 0 Å². The van der Waals surface area contributed by atoms with E-state index in [9.17, 15) is 5.11 Å². The van der Waals surface area contributed by atoms with Crippen molar-refractivity contribution in [2.24, 2.45) is 22.7 Å². The molecule has 4 atom stereocenters. The second kappa shape index (κ2) is 5.24. The van der Waals surface area contributed by atoms with Gasteiger partial charge in [-0.25, -0.2) is 0 Å². The molecule has 1 heterocycles. The molecule has 1 saturated heterocycles. The third-order valence-electron chi connectivity index (χ3n) is 6.00. The lowest BCUT2D eigenvalue weighted by Gasteiger charge is -2.47. The van der Waals surface area contributed by atoms with Crippen LogP contribution in [0.5, 0.6) is 0 Å². The SMILES string of the molecule is CC=C1C(C2(C)CCCC(C)(C)C2)=CCC2COC(O)C12. The molecule has 4 unspecified atom stereocenters. The van der Waals surface area contributed by atoms with E-state index in [-0.39, 0.29) is 11.3 Å². The van der Waals surface area contributed by atoms with Crippen molar-refractivity contribution in [1.82, 2.24) is 0 Å². The van der Waals surface area contributed by atoms with E-state index in [0.29, 0.717) is 17.9 Å². The molecule has 0 bridgehead atoms. The first-order valence-electron chi connectivity index (χ1n) is 8.53. The van der Waals surface area contributed by atoms with E-state index in [1.165, 1.54) is 36.8 Å². The fraction of sp³-hybridized carbons (Fsp3) is 0.789. The van der Waals surface area contributed by atoms with Crippen molar-refractivity contribution in [2.45, 2.75) is 66.1 Å². The number of allylic oxidation sites excluding steroid dienone is 3. The first-order chi connectivity index (χ1) is 9.86. The van der Waals surface area contributed by atoms with E-state index in [1.807, 2.05) is 0 Å². The van der Waals surface area contributed by atoms with Gasteiger partial charge in [0.05, 0.1) is 6.61 Å². The number of rotatable bonds is 1. The van der Waals surface area contributed by atoms with Gasteiger partial charge in [-0.15, -0.1) is 0 Å². The van der Waals surface area contributed by atoms with Crippen LogP contribution in [0.4, 0.5) is 0 Å². The maximum Gasteiger partial charge on any atom is 0.161 e. The van der Waals surface area contributed by atoms with Gasteiger partial charge < -0.3 is 9.84 Å². The van der Waals surface area contributed by atoms with E-state index in [2.05, 4.69) is 39.8 Å². The van der Waals surface area contributed by atoms with Gasteiger partial charge in [-0.2, -0.15) is 0 Å². The Labute approximate surface area is 129 Å². The zero-order valence-electron chi connectivity index (χ0n) is 14.0. The smallest absolute Gasteiger partial charge is 0.161 e. The number of aliphatic hydroxyl groups excluding tert-OH is 1. The van der Waals surface area contributed by atoms with E-state index < -0.39 is 6.29 Å². The maximum atomic E-state index is 10.2. The number of ether oxygens (including phenoxy) is 1. The highest BCUT2D eigenvalue weighted by atomic mass is 16.6. The van der Waals surface area contributed by atoms with E-state index in [4.69, 9.17) is 4.74 Å². The highest BCUT2D eigenvalue weighted by molar-refractivity contribution is 5.42. The summed E-state index contributed by atoms with van der Waals surface area (Å²) in [6.45, 7) is 10.1. The van der Waals surface area contributed by atoms with Crippen LogP contribution in [0.2, 0.25) is 0 Å². The van der Waals surface area contributed by atoms with Crippen LogP contribution in [0.25, 0.3) is 0 Å². The fourth-order valence-corrected chi connectivity index (χ4v) is 5.21. The predicted molar refractivity (Wildman–Crippen MR) is 85.8 cm³/mol. The van der Waals surface area contributed by atoms with Crippen LogP contribution in [0.15, 0.2) is 23.3 Å². The zero-order chi connectivity index (χ0) is 15.3. The Hall–Kier alpha value is -0.600. The Morgan fingerprint density at radius 1 is 1.29 bits per heavy atom. The first kappa shape index (κ1) is 15.3. The van der Waals surface area contributed by atoms with Gasteiger partial charge in [0.25, 0.3) is 0 Å². The quantitative estimate of drug-likeness (QED) is 0.773. The van der Waals surface area contributed by atoms with Crippen molar-refractivity contribution >= 4 is 0 Å². The van der Waals surface area contributed by atoms with E-state index in [0.717, 1.165) is 6.42 Å². The summed E-state index contributed by atoms with van der Waals surface area (Å²) in [5, 5.41) is 10.2. The van der Waals surface area contributed by atoms with Crippen LogP contribution in [-0.4, -0.2) is 18.0 Å². The summed E-state index contributed by atoms with van der Waals surface area (Å²) in [6, 6.07) is 0. The van der Waals surface area contributed by atoms with Gasteiger partial charge in [0.1, 0.15) is 0 Å². The van der Waals surface area contributed by atoms with Crippen LogP contribution in [-0.2, 0) is 4.74 Å². The normalized spacial score (nSPS) is 44.5. The molecular weight excluding hydrogens is 260 g/mol. The molecule has 2 heteroatoms. The fourth-order valence-electron chi connectivity index (χ4n) is 5.21. The van der Waals surface area contributed by atoms with E-state index in [1.54, 1.807) is 0 Å². The van der Waals surface area contributed by atoms with E-state index >= 15 is 0 Å². The molecule has 0 amide bonds. The summed E-state index contributed by atoms with van der Waals surface area (Å²) in [4.78, 5) is 0. The lowest BCUT2D eigenvalue weighted by atomic mass is 9.57. The number of hydrogen-bond acceptors (Lipinski definition) is 2. The summed E-state index contributed by atoms with van der Waals surface area (Å²) in [6.07, 6.45) is 10.3. The summed E-state index contributed by atoms with van der Waals surface area (Å²) in [5.74, 6) is 0.659. The van der Waals surface area contributed by atoms with Gasteiger partial charge in [-0.05, 0) is 60.5 Å². The molecule has 0 aromatic rings. The maximum absolute atomic E-state index is 10.2. The Kier molecular flexibility index (Phi) is 3.82. The molecular formula is C19H30O2. The van der Waals surface area contributed by atoms with Crippen molar-refractivity contribution in [3.05, 3.63) is 23.3 Å². The molecule has 0 aromatic heterocycles. The molecule has 1 aliphatic heterocycles. The van der Waals surface area contributed by atoms with Crippen molar-refractivity contribution < 1.29 is 9.84 Å². The molecule has 2 fully saturated rings. The summed E-state index contributed by atoms with van der Waals surface area (Å²) in [5.41, 5.74) is 3.55. The molecule has 3 rings (SSSR count). The molecule has 0 spiro atoms. The standard InChI is InChI=1S/C19H30O2/c1-5-14-15(8-7-13-11-21-17(20)16(13)14)19(4)10-6-9-18(2,3)12-19/h5,8,13,16-17,20H,6-7,9-12H2,1-4H3. The lowest BCUT2D eigenvalue weighted by molar-refractivity contribution is -0.0755. The van der Waals surface area contributed by atoms with Crippen LogP contribution in [0.1, 0.15) is 59.8 Å². The lowest BCUT2D eigenvalue weighted by Crippen LogP contribution is -2.37. The predicted octanol–water partition coefficient (Wildman–Crippen LogP) is 4.45. The third kappa shape index (κ3) is 2.61. The Bertz CT molecular complexity index is 474. The van der Waals surface area contributed by atoms with Crippen molar-refractivity contribution in [3.63, 3.8) is 0 Å². The van der Waals surface area contributed by atoms with Crippen LogP contribution in [0.3, 0.4) is 0 Å². The highest BCUT2D eigenvalue weighted by Crippen LogP contribution is 2.55. The third-order valence-corrected chi connectivity index (χ3v) is 6.00. The van der Waals surface area contributed by atoms with Gasteiger partial charge in [-0.3, -0.25) is 0 Å². The average Bonchev–Trinajstić information content (AvgIpc) is 2.78. The van der Waals surface area contributed by atoms with Crippen LogP contribution < -0.4 is 0 Å². The molecule has 0 radical (unpaired) electrons. The van der Waals surface area contributed by atoms with Crippen molar-refractivity contribution in [1.29, 1.82) is 0 Å². The van der Waals surface area contributed by atoms with Crippen LogP contribution in [0, 0.1) is 22.7 Å². The molecule has 1 N–H and O–H groups in total. The minimum absolute atomic E-state index is 0.192. The Balaban J connectivity index is 1.94. The van der Waals surface area contributed by atoms with Crippen molar-refractivity contribution in [3.8, 4) is 0 Å². The topological polar surface area (TPSA) is 29.5 Å². The summed E-state index contributed by atoms with van der Waals surface area (Å²) >= 11 is 0. The summed E-state index contributed by atoms with van der Waals surface area (Å²) in [7, 11) is 0. The Morgan fingerprint density at radius 3 is 2.71 bits per heavy atom. The molecule has 21 heavy (non-hydrogen) atoms. The molecule has 3 aliphatic rings. The van der Waals surface area contributed by atoms with Gasteiger partial charge in [0.15, 0.2) is 6.29 Å². The van der Waals surface area contributed by atoms with Gasteiger partial charge in [0, 0.05) is 5.92 Å². The monoisotopic (exact) mass is 290 g/mol. The zero-order valence-corrected chi connectivity index (χ0v) is 14.0.